The number of hydrogen-bond acceptors (Lipinski definition) is 3. The molecule has 11 heteroatoms. The van der Waals surface area contributed by atoms with E-state index >= 15 is 26.3 Å². The molecule has 2 aliphatic heterocycles. The molecule has 5 aromatic carbocycles. The van der Waals surface area contributed by atoms with Crippen molar-refractivity contribution in [2.75, 3.05) is 0 Å². The lowest BCUT2D eigenvalue weighted by Gasteiger charge is -2.36. The highest BCUT2D eigenvalue weighted by Gasteiger charge is 2.44. The highest BCUT2D eigenvalue weighted by molar-refractivity contribution is 6.40. The molecule has 0 saturated carbocycles. The van der Waals surface area contributed by atoms with Gasteiger partial charge >= 0.3 is 12.4 Å². The Balaban J connectivity index is 1.63. The van der Waals surface area contributed by atoms with Gasteiger partial charge in [-0.3, -0.25) is 19.3 Å². The third-order valence-electron chi connectivity index (χ3n) is 10.5. The number of unbranched alkanes of at least 4 members (excludes halogenated alkanes) is 2. The lowest BCUT2D eigenvalue weighted by molar-refractivity contribution is -0.137. The van der Waals surface area contributed by atoms with Crippen molar-refractivity contribution in [3.8, 4) is 0 Å². The summed E-state index contributed by atoms with van der Waals surface area (Å²) in [5, 5.41) is -1.23. The van der Waals surface area contributed by atoms with Crippen LogP contribution < -0.4 is 0 Å². The van der Waals surface area contributed by atoms with Gasteiger partial charge in [0, 0.05) is 56.9 Å². The van der Waals surface area contributed by atoms with E-state index in [0.29, 0.717) is 19.3 Å². The van der Waals surface area contributed by atoms with Crippen LogP contribution >= 0.6 is 0 Å². The molecule has 2 atom stereocenters. The molecule has 7 rings (SSSR count). The third-order valence-corrected chi connectivity index (χ3v) is 10.5. The first-order valence-electron chi connectivity index (χ1n) is 16.7. The highest BCUT2D eigenvalue weighted by Crippen LogP contribution is 2.53. The van der Waals surface area contributed by atoms with Crippen LogP contribution in [0.5, 0.6) is 0 Å². The summed E-state index contributed by atoms with van der Waals surface area (Å²) in [5.41, 5.74) is -2.32. The Morgan fingerprint density at radius 1 is 0.612 bits per heavy atom. The highest BCUT2D eigenvalue weighted by atomic mass is 19.4. The summed E-state index contributed by atoms with van der Waals surface area (Å²) in [6.45, 7) is 7.30. The van der Waals surface area contributed by atoms with Crippen molar-refractivity contribution in [1.29, 1.82) is 0 Å². The second-order valence-corrected chi connectivity index (χ2v) is 13.5. The van der Waals surface area contributed by atoms with Crippen molar-refractivity contribution in [3.05, 3.63) is 69.8 Å². The van der Waals surface area contributed by atoms with Crippen LogP contribution in [0.25, 0.3) is 43.1 Å². The molecule has 0 radical (unpaired) electrons. The van der Waals surface area contributed by atoms with Gasteiger partial charge in [-0.1, -0.05) is 51.7 Å². The molecule has 0 spiro atoms. The number of fused-ring (bicyclic) bond motifs is 2. The van der Waals surface area contributed by atoms with Crippen LogP contribution in [0, 0.1) is 0 Å². The summed E-state index contributed by atoms with van der Waals surface area (Å²) in [7, 11) is 0. The third kappa shape index (κ3) is 4.78. The average Bonchev–Trinajstić information content (AvgIpc) is 3.04. The van der Waals surface area contributed by atoms with Gasteiger partial charge in [0.2, 0.25) is 0 Å². The van der Waals surface area contributed by atoms with Gasteiger partial charge in [-0.25, -0.2) is 0 Å². The predicted octanol–water partition coefficient (Wildman–Crippen LogP) is 10.5. The maximum absolute atomic E-state index is 15.1. The van der Waals surface area contributed by atoms with E-state index in [4.69, 9.17) is 0 Å². The van der Waals surface area contributed by atoms with Crippen LogP contribution in [-0.2, 0) is 18.9 Å². The van der Waals surface area contributed by atoms with E-state index in [1.165, 1.54) is 29.2 Å². The first-order chi connectivity index (χ1) is 23.1. The number of carbonyl (C=O) groups excluding carboxylic acids is 3. The molecular formula is C38H34F6N2O3. The van der Waals surface area contributed by atoms with Gasteiger partial charge in [0.25, 0.3) is 17.7 Å². The standard InChI is InChI=1S/C38H34F6N2O3/c1-5-7-9-18(3)45-17-20-15-26(37(39,40)41)30-22-12-14-24-29-25(36(49)46(35(24)48)19(4)10-8-6-2)16-27(38(42,43)44)31(33(22)29)21-11-13-23(34(45)47)28(20)32(21)30/h11-16,18-19H,5-10,17H2,1-4H3. The number of halogens is 6. The minimum absolute atomic E-state index is 0.0406. The van der Waals surface area contributed by atoms with E-state index in [1.54, 1.807) is 6.92 Å². The molecule has 0 bridgehead atoms. The fourth-order valence-electron chi connectivity index (χ4n) is 8.09. The van der Waals surface area contributed by atoms with Gasteiger partial charge in [-0.2, -0.15) is 26.3 Å². The summed E-state index contributed by atoms with van der Waals surface area (Å²) in [5.74, 6) is -2.01. The van der Waals surface area contributed by atoms with Crippen molar-refractivity contribution in [2.24, 2.45) is 0 Å². The van der Waals surface area contributed by atoms with E-state index in [-0.39, 0.29) is 72.5 Å². The number of rotatable bonds is 8. The number of imide groups is 1. The maximum Gasteiger partial charge on any atom is 0.417 e. The molecule has 0 saturated heterocycles. The molecule has 256 valence electrons. The van der Waals surface area contributed by atoms with Crippen LogP contribution in [0.15, 0.2) is 36.4 Å². The van der Waals surface area contributed by atoms with Crippen molar-refractivity contribution in [2.45, 2.75) is 97.2 Å². The summed E-state index contributed by atoms with van der Waals surface area (Å²) >= 11 is 0. The van der Waals surface area contributed by atoms with Crippen LogP contribution in [0.1, 0.15) is 114 Å². The largest absolute Gasteiger partial charge is 0.417 e. The SMILES string of the molecule is CCCCC(C)N1Cc2cc(C(F)(F)F)c3c4ccc5c6c(cc(C(F)(F)F)c(c7ccc(c2c73)C1=O)c64)C(=O)N(C(C)CCCC)C5=O. The number of carbonyl (C=O) groups is 3. The number of amides is 3. The van der Waals surface area contributed by atoms with Gasteiger partial charge in [-0.15, -0.1) is 0 Å². The van der Waals surface area contributed by atoms with Gasteiger partial charge < -0.3 is 4.90 Å². The summed E-state index contributed by atoms with van der Waals surface area (Å²) in [6.07, 6.45) is -5.73. The molecule has 2 aliphatic rings. The molecule has 3 amide bonds. The van der Waals surface area contributed by atoms with Crippen molar-refractivity contribution >= 4 is 60.8 Å². The fraction of sp³-hybridized carbons (Fsp3) is 0.395. The Morgan fingerprint density at radius 2 is 1.10 bits per heavy atom. The molecule has 5 nitrogen and oxygen atoms in total. The lowest BCUT2D eigenvalue weighted by Crippen LogP contribution is -2.46. The Labute approximate surface area is 278 Å². The van der Waals surface area contributed by atoms with Crippen LogP contribution in [0.4, 0.5) is 26.3 Å². The smallest absolute Gasteiger partial charge is 0.332 e. The van der Waals surface area contributed by atoms with Crippen LogP contribution in [0.3, 0.4) is 0 Å². The minimum Gasteiger partial charge on any atom is -0.332 e. The summed E-state index contributed by atoms with van der Waals surface area (Å²) < 4.78 is 90.7. The Hall–Kier alpha value is -4.41. The zero-order chi connectivity index (χ0) is 35.3. The topological polar surface area (TPSA) is 57.7 Å². The zero-order valence-corrected chi connectivity index (χ0v) is 27.5. The number of hydrogen-bond donors (Lipinski definition) is 0. The molecule has 0 N–H and O–H groups in total. The van der Waals surface area contributed by atoms with E-state index in [9.17, 15) is 14.4 Å². The van der Waals surface area contributed by atoms with E-state index in [2.05, 4.69) is 0 Å². The van der Waals surface area contributed by atoms with E-state index in [1.807, 2.05) is 20.8 Å². The molecule has 0 fully saturated rings. The van der Waals surface area contributed by atoms with Gasteiger partial charge in [0.05, 0.1) is 11.1 Å². The van der Waals surface area contributed by atoms with Crippen LogP contribution in [-0.4, -0.2) is 39.6 Å². The van der Waals surface area contributed by atoms with Gasteiger partial charge in [-0.05, 0) is 78.1 Å². The molecule has 0 aliphatic carbocycles. The summed E-state index contributed by atoms with van der Waals surface area (Å²) in [6, 6.07) is 6.13. The van der Waals surface area contributed by atoms with Gasteiger partial charge in [0.1, 0.15) is 0 Å². The number of nitrogens with zero attached hydrogens (tertiary/aromatic N) is 2. The van der Waals surface area contributed by atoms with Crippen LogP contribution in [0.2, 0.25) is 0 Å². The number of benzene rings is 5. The van der Waals surface area contributed by atoms with Crippen molar-refractivity contribution < 1.29 is 40.7 Å². The monoisotopic (exact) mass is 680 g/mol. The molecule has 49 heavy (non-hydrogen) atoms. The van der Waals surface area contributed by atoms with E-state index in [0.717, 1.165) is 36.3 Å². The Morgan fingerprint density at radius 3 is 1.65 bits per heavy atom. The predicted molar refractivity (Wildman–Crippen MR) is 176 cm³/mol. The Bertz CT molecular complexity index is 2220. The van der Waals surface area contributed by atoms with Gasteiger partial charge in [0.15, 0.2) is 0 Å². The zero-order valence-electron chi connectivity index (χ0n) is 27.5. The second kappa shape index (κ2) is 11.3. The first-order valence-corrected chi connectivity index (χ1v) is 16.7. The maximum atomic E-state index is 15.1. The van der Waals surface area contributed by atoms with Crippen molar-refractivity contribution in [1.82, 2.24) is 9.80 Å². The summed E-state index contributed by atoms with van der Waals surface area (Å²) in [4.78, 5) is 44.2. The molecule has 2 heterocycles. The molecule has 0 aromatic heterocycles. The lowest BCUT2D eigenvalue weighted by atomic mass is 9.79. The second-order valence-electron chi connectivity index (χ2n) is 13.5. The minimum atomic E-state index is -5.01. The van der Waals surface area contributed by atoms with Crippen molar-refractivity contribution in [3.63, 3.8) is 0 Å². The Kier molecular flexibility index (Phi) is 7.65. The molecular weight excluding hydrogens is 646 g/mol. The normalized spacial score (nSPS) is 16.7. The average molecular weight is 681 g/mol. The number of alkyl halides is 6. The molecule has 5 aromatic rings. The molecule has 2 unspecified atom stereocenters. The van der Waals surface area contributed by atoms with E-state index < -0.39 is 52.6 Å². The quantitative estimate of drug-likeness (QED) is 0.0709. The fourth-order valence-corrected chi connectivity index (χ4v) is 8.09. The first kappa shape index (κ1) is 33.1.